The molecular weight excluding hydrogens is 462 g/mol. The van der Waals surface area contributed by atoms with E-state index >= 15 is 0 Å². The van der Waals surface area contributed by atoms with Crippen molar-refractivity contribution in [2.45, 2.75) is 40.2 Å². The zero-order chi connectivity index (χ0) is 25.9. The first kappa shape index (κ1) is 24.8. The highest BCUT2D eigenvalue weighted by molar-refractivity contribution is 5.97. The number of hydrogen-bond acceptors (Lipinski definition) is 4. The Labute approximate surface area is 217 Å². The van der Waals surface area contributed by atoms with Gasteiger partial charge in [-0.15, -0.1) is 0 Å². The largest absolute Gasteiger partial charge is 0.436 e. The van der Waals surface area contributed by atoms with E-state index in [9.17, 15) is 9.59 Å². The molecule has 0 saturated carbocycles. The van der Waals surface area contributed by atoms with Crippen molar-refractivity contribution < 1.29 is 14.0 Å². The molecule has 5 rings (SSSR count). The SMILES string of the molecule is Cc1ccc(-c2nc3cc(C(=O)N4CCC(C(C)C(=O)NCc5ccccc5C)CC4)ccc3o2)cc1. The van der Waals surface area contributed by atoms with E-state index in [4.69, 9.17) is 4.42 Å². The number of likely N-dealkylation sites (tertiary alicyclic amines) is 1. The van der Waals surface area contributed by atoms with Crippen molar-refractivity contribution in [2.24, 2.45) is 11.8 Å². The highest BCUT2D eigenvalue weighted by Crippen LogP contribution is 2.28. The first-order valence-corrected chi connectivity index (χ1v) is 13.0. The molecule has 2 amide bonds. The van der Waals surface area contributed by atoms with Crippen LogP contribution in [0.1, 0.15) is 46.8 Å². The maximum absolute atomic E-state index is 13.2. The number of nitrogens with zero attached hydrogens (tertiary/aromatic N) is 2. The van der Waals surface area contributed by atoms with Gasteiger partial charge in [-0.3, -0.25) is 9.59 Å². The van der Waals surface area contributed by atoms with Gasteiger partial charge in [0.1, 0.15) is 5.52 Å². The first-order valence-electron chi connectivity index (χ1n) is 13.0. The van der Waals surface area contributed by atoms with E-state index in [1.165, 1.54) is 11.1 Å². The average Bonchev–Trinajstić information content (AvgIpc) is 3.35. The van der Waals surface area contributed by atoms with Gasteiger partial charge in [0, 0.05) is 36.7 Å². The number of rotatable bonds is 6. The van der Waals surface area contributed by atoms with E-state index in [0.29, 0.717) is 42.2 Å². The zero-order valence-electron chi connectivity index (χ0n) is 21.7. The van der Waals surface area contributed by atoms with Gasteiger partial charge < -0.3 is 14.6 Å². The summed E-state index contributed by atoms with van der Waals surface area (Å²) >= 11 is 0. The minimum absolute atomic E-state index is 0.00288. The molecule has 1 saturated heterocycles. The summed E-state index contributed by atoms with van der Waals surface area (Å²) < 4.78 is 5.92. The number of piperidine rings is 1. The molecule has 1 unspecified atom stereocenters. The average molecular weight is 496 g/mol. The summed E-state index contributed by atoms with van der Waals surface area (Å²) in [6, 6.07) is 21.6. The van der Waals surface area contributed by atoms with Crippen molar-refractivity contribution in [3.8, 4) is 11.5 Å². The molecule has 0 aliphatic carbocycles. The van der Waals surface area contributed by atoms with Crippen LogP contribution in [-0.4, -0.2) is 34.8 Å². The van der Waals surface area contributed by atoms with Crippen molar-refractivity contribution in [1.29, 1.82) is 0 Å². The fraction of sp³-hybridized carbons (Fsp3) is 0.323. The third-order valence-electron chi connectivity index (χ3n) is 7.59. The number of carbonyl (C=O) groups excluding carboxylic acids is 2. The number of carbonyl (C=O) groups is 2. The number of aryl methyl sites for hydroxylation is 2. The molecule has 0 bridgehead atoms. The number of fused-ring (bicyclic) bond motifs is 1. The van der Waals surface area contributed by atoms with Gasteiger partial charge >= 0.3 is 0 Å². The van der Waals surface area contributed by atoms with Crippen LogP contribution in [0.2, 0.25) is 0 Å². The van der Waals surface area contributed by atoms with Crippen LogP contribution < -0.4 is 5.32 Å². The number of hydrogen-bond donors (Lipinski definition) is 1. The predicted octanol–water partition coefficient (Wildman–Crippen LogP) is 5.92. The van der Waals surface area contributed by atoms with E-state index in [0.717, 1.165) is 24.0 Å². The summed E-state index contributed by atoms with van der Waals surface area (Å²) in [6.07, 6.45) is 1.63. The van der Waals surface area contributed by atoms with E-state index in [-0.39, 0.29) is 23.7 Å². The van der Waals surface area contributed by atoms with Crippen molar-refractivity contribution in [3.63, 3.8) is 0 Å². The molecule has 1 atom stereocenters. The molecule has 2 heterocycles. The Bertz CT molecular complexity index is 1420. The fourth-order valence-corrected chi connectivity index (χ4v) is 5.03. The standard InChI is InChI=1S/C31H33N3O3/c1-20-8-10-24(11-9-20)30-33-27-18-25(12-13-28(27)37-30)31(36)34-16-14-23(15-17-34)22(3)29(35)32-19-26-7-5-4-6-21(26)2/h4-13,18,22-23H,14-17,19H2,1-3H3,(H,32,35). The summed E-state index contributed by atoms with van der Waals surface area (Å²) in [5.41, 5.74) is 6.35. The van der Waals surface area contributed by atoms with Gasteiger partial charge in [-0.1, -0.05) is 48.9 Å². The van der Waals surface area contributed by atoms with E-state index in [1.54, 1.807) is 0 Å². The molecule has 37 heavy (non-hydrogen) atoms. The lowest BCUT2D eigenvalue weighted by Gasteiger charge is -2.34. The predicted molar refractivity (Wildman–Crippen MR) is 145 cm³/mol. The van der Waals surface area contributed by atoms with Gasteiger partial charge in [0.25, 0.3) is 5.91 Å². The molecule has 1 aliphatic rings. The zero-order valence-corrected chi connectivity index (χ0v) is 21.7. The van der Waals surface area contributed by atoms with Crippen LogP contribution in [0.4, 0.5) is 0 Å². The van der Waals surface area contributed by atoms with Gasteiger partial charge in [-0.05, 0) is 74.1 Å². The Morgan fingerprint density at radius 3 is 2.49 bits per heavy atom. The molecule has 0 radical (unpaired) electrons. The van der Waals surface area contributed by atoms with Crippen LogP contribution >= 0.6 is 0 Å². The van der Waals surface area contributed by atoms with Gasteiger partial charge in [0.2, 0.25) is 11.8 Å². The highest BCUT2D eigenvalue weighted by atomic mass is 16.3. The number of amides is 2. The van der Waals surface area contributed by atoms with Gasteiger partial charge in [-0.25, -0.2) is 4.98 Å². The Balaban J connectivity index is 1.18. The molecule has 190 valence electrons. The number of nitrogens with one attached hydrogen (secondary N) is 1. The summed E-state index contributed by atoms with van der Waals surface area (Å²) in [5, 5.41) is 3.09. The molecule has 1 fully saturated rings. The molecule has 3 aromatic carbocycles. The summed E-state index contributed by atoms with van der Waals surface area (Å²) in [6.45, 7) is 7.93. The molecule has 1 aliphatic heterocycles. The van der Waals surface area contributed by atoms with E-state index in [1.807, 2.05) is 79.4 Å². The van der Waals surface area contributed by atoms with Crippen LogP contribution in [0.15, 0.2) is 71.1 Å². The van der Waals surface area contributed by atoms with Crippen LogP contribution in [-0.2, 0) is 11.3 Å². The van der Waals surface area contributed by atoms with Gasteiger partial charge in [0.15, 0.2) is 5.58 Å². The number of benzene rings is 3. The van der Waals surface area contributed by atoms with Crippen LogP contribution in [0.25, 0.3) is 22.6 Å². The van der Waals surface area contributed by atoms with Crippen molar-refractivity contribution in [3.05, 3.63) is 89.0 Å². The highest BCUT2D eigenvalue weighted by Gasteiger charge is 2.30. The smallest absolute Gasteiger partial charge is 0.253 e. The fourth-order valence-electron chi connectivity index (χ4n) is 5.03. The number of oxazole rings is 1. The van der Waals surface area contributed by atoms with Crippen molar-refractivity contribution >= 4 is 22.9 Å². The lowest BCUT2D eigenvalue weighted by atomic mass is 9.84. The van der Waals surface area contributed by atoms with E-state index in [2.05, 4.69) is 23.3 Å². The Morgan fingerprint density at radius 2 is 1.76 bits per heavy atom. The van der Waals surface area contributed by atoms with Crippen LogP contribution in [0.3, 0.4) is 0 Å². The molecule has 6 heteroatoms. The van der Waals surface area contributed by atoms with Gasteiger partial charge in [0.05, 0.1) is 0 Å². The molecule has 4 aromatic rings. The Kier molecular flexibility index (Phi) is 7.08. The summed E-state index contributed by atoms with van der Waals surface area (Å²) in [5.74, 6) is 0.796. The normalized spacial score (nSPS) is 15.1. The second kappa shape index (κ2) is 10.6. The second-order valence-corrected chi connectivity index (χ2v) is 10.1. The lowest BCUT2D eigenvalue weighted by molar-refractivity contribution is -0.126. The van der Waals surface area contributed by atoms with Crippen LogP contribution in [0, 0.1) is 25.7 Å². The minimum Gasteiger partial charge on any atom is -0.436 e. The first-order chi connectivity index (χ1) is 17.9. The summed E-state index contributed by atoms with van der Waals surface area (Å²) in [7, 11) is 0. The van der Waals surface area contributed by atoms with Crippen molar-refractivity contribution in [1.82, 2.24) is 15.2 Å². The molecular formula is C31H33N3O3. The quantitative estimate of drug-likeness (QED) is 0.360. The third-order valence-corrected chi connectivity index (χ3v) is 7.59. The maximum atomic E-state index is 13.2. The van der Waals surface area contributed by atoms with Crippen LogP contribution in [0.5, 0.6) is 0 Å². The summed E-state index contributed by atoms with van der Waals surface area (Å²) in [4.78, 5) is 32.6. The van der Waals surface area contributed by atoms with Crippen molar-refractivity contribution in [2.75, 3.05) is 13.1 Å². The Morgan fingerprint density at radius 1 is 1.03 bits per heavy atom. The molecule has 0 spiro atoms. The topological polar surface area (TPSA) is 75.4 Å². The molecule has 6 nitrogen and oxygen atoms in total. The molecule has 1 aromatic heterocycles. The lowest BCUT2D eigenvalue weighted by Crippen LogP contribution is -2.42. The second-order valence-electron chi connectivity index (χ2n) is 10.1. The van der Waals surface area contributed by atoms with Gasteiger partial charge in [-0.2, -0.15) is 0 Å². The molecule has 1 N–H and O–H groups in total. The monoisotopic (exact) mass is 495 g/mol. The van der Waals surface area contributed by atoms with E-state index < -0.39 is 0 Å². The third kappa shape index (κ3) is 5.43. The number of aromatic nitrogens is 1. The maximum Gasteiger partial charge on any atom is 0.253 e. The Hall–Kier alpha value is -3.93. The minimum atomic E-state index is -0.0899.